The van der Waals surface area contributed by atoms with E-state index in [1.807, 2.05) is 24.0 Å². The van der Waals surface area contributed by atoms with Gasteiger partial charge in [0.1, 0.15) is 0 Å². The van der Waals surface area contributed by atoms with Crippen molar-refractivity contribution in [3.63, 3.8) is 0 Å². The molecule has 3 rings (SSSR count). The number of rotatable bonds is 2. The van der Waals surface area contributed by atoms with Gasteiger partial charge in [-0.15, -0.1) is 5.10 Å². The highest BCUT2D eigenvalue weighted by atomic mass is 35.5. The van der Waals surface area contributed by atoms with Crippen molar-refractivity contribution in [2.24, 2.45) is 0 Å². The molecule has 0 N–H and O–H groups in total. The number of hydrogen-bond donors (Lipinski definition) is 0. The summed E-state index contributed by atoms with van der Waals surface area (Å²) in [6.07, 6.45) is 2.13. The summed E-state index contributed by atoms with van der Waals surface area (Å²) in [7, 11) is 0. The monoisotopic (exact) mass is 290 g/mol. The highest BCUT2D eigenvalue weighted by Crippen LogP contribution is 2.16. The Morgan fingerprint density at radius 2 is 1.80 bits per heavy atom. The Balaban J connectivity index is 1.90. The molecule has 1 fully saturated rings. The van der Waals surface area contributed by atoms with Gasteiger partial charge in [-0.2, -0.15) is 9.90 Å². The van der Waals surface area contributed by atoms with E-state index in [0.717, 1.165) is 31.6 Å². The first kappa shape index (κ1) is 13.1. The highest BCUT2D eigenvalue weighted by molar-refractivity contribution is 6.30. The Kier molecular flexibility index (Phi) is 3.44. The van der Waals surface area contributed by atoms with E-state index in [2.05, 4.69) is 10.2 Å². The Morgan fingerprint density at radius 3 is 2.45 bits per heavy atom. The normalized spacial score (nSPS) is 14.8. The van der Waals surface area contributed by atoms with Crippen molar-refractivity contribution in [3.8, 4) is 5.69 Å². The van der Waals surface area contributed by atoms with Gasteiger partial charge in [-0.25, -0.2) is 0 Å². The van der Waals surface area contributed by atoms with Gasteiger partial charge in [0.05, 0.1) is 11.4 Å². The summed E-state index contributed by atoms with van der Waals surface area (Å²) < 4.78 is 0. The number of amides is 1. The Bertz CT molecular complexity index is 629. The standard InChI is InChI=1S/C14H15ClN4O/c1-10-13(14(20)18-8-2-3-9-18)17-19(16-10)12-6-4-11(15)5-7-12/h4-7H,2-3,8-9H2,1H3. The van der Waals surface area contributed by atoms with Crippen molar-refractivity contribution >= 4 is 17.5 Å². The van der Waals surface area contributed by atoms with E-state index in [1.54, 1.807) is 12.1 Å². The number of carbonyl (C=O) groups is 1. The van der Waals surface area contributed by atoms with E-state index >= 15 is 0 Å². The molecule has 0 aliphatic carbocycles. The number of aromatic nitrogens is 3. The molecule has 1 aliphatic heterocycles. The molecule has 1 aromatic carbocycles. The molecule has 1 saturated heterocycles. The number of hydrogen-bond acceptors (Lipinski definition) is 3. The largest absolute Gasteiger partial charge is 0.337 e. The molecule has 104 valence electrons. The maximum Gasteiger partial charge on any atom is 0.276 e. The summed E-state index contributed by atoms with van der Waals surface area (Å²) in [6, 6.07) is 7.20. The van der Waals surface area contributed by atoms with E-state index in [-0.39, 0.29) is 5.91 Å². The SMILES string of the molecule is Cc1nn(-c2ccc(Cl)cc2)nc1C(=O)N1CCCC1. The molecule has 0 radical (unpaired) electrons. The molecule has 6 heteroatoms. The lowest BCUT2D eigenvalue weighted by molar-refractivity contribution is 0.0786. The number of benzene rings is 1. The Hall–Kier alpha value is -1.88. The number of halogens is 1. The maximum atomic E-state index is 12.4. The van der Waals surface area contributed by atoms with Crippen molar-refractivity contribution in [1.82, 2.24) is 19.9 Å². The molecule has 1 aliphatic rings. The molecule has 1 aromatic heterocycles. The lowest BCUT2D eigenvalue weighted by atomic mass is 10.3. The average Bonchev–Trinajstić information content (AvgIpc) is 3.08. The summed E-state index contributed by atoms with van der Waals surface area (Å²) in [5, 5.41) is 9.30. The molecule has 0 saturated carbocycles. The molecule has 0 atom stereocenters. The van der Waals surface area contributed by atoms with Crippen LogP contribution in [-0.2, 0) is 0 Å². The summed E-state index contributed by atoms with van der Waals surface area (Å²) in [6.45, 7) is 3.43. The van der Waals surface area contributed by atoms with Crippen molar-refractivity contribution in [2.45, 2.75) is 19.8 Å². The number of likely N-dealkylation sites (tertiary alicyclic amines) is 1. The Labute approximate surface area is 122 Å². The molecule has 2 aromatic rings. The van der Waals surface area contributed by atoms with Gasteiger partial charge < -0.3 is 4.90 Å². The van der Waals surface area contributed by atoms with Crippen molar-refractivity contribution in [2.75, 3.05) is 13.1 Å². The molecule has 5 nitrogen and oxygen atoms in total. The fourth-order valence-corrected chi connectivity index (χ4v) is 2.46. The van der Waals surface area contributed by atoms with Crippen molar-refractivity contribution in [1.29, 1.82) is 0 Å². The van der Waals surface area contributed by atoms with Crippen LogP contribution in [0.25, 0.3) is 5.69 Å². The molecule has 0 unspecified atom stereocenters. The molecule has 1 amide bonds. The van der Waals surface area contributed by atoms with E-state index in [9.17, 15) is 4.79 Å². The van der Waals surface area contributed by atoms with Gasteiger partial charge in [0.25, 0.3) is 5.91 Å². The zero-order valence-corrected chi connectivity index (χ0v) is 12.0. The third-order valence-electron chi connectivity index (χ3n) is 3.44. The van der Waals surface area contributed by atoms with Gasteiger partial charge in [0.2, 0.25) is 0 Å². The molecular weight excluding hydrogens is 276 g/mol. The predicted molar refractivity (Wildman–Crippen MR) is 76.2 cm³/mol. The topological polar surface area (TPSA) is 51.0 Å². The second-order valence-corrected chi connectivity index (χ2v) is 5.34. The lowest BCUT2D eigenvalue weighted by Crippen LogP contribution is -2.28. The minimum Gasteiger partial charge on any atom is -0.337 e. The summed E-state index contributed by atoms with van der Waals surface area (Å²) in [5.41, 5.74) is 1.87. The van der Waals surface area contributed by atoms with E-state index in [1.165, 1.54) is 4.80 Å². The van der Waals surface area contributed by atoms with E-state index in [4.69, 9.17) is 11.6 Å². The van der Waals surface area contributed by atoms with Crippen LogP contribution >= 0.6 is 11.6 Å². The van der Waals surface area contributed by atoms with E-state index in [0.29, 0.717) is 16.4 Å². The zero-order chi connectivity index (χ0) is 14.1. The van der Waals surface area contributed by atoms with Gasteiger partial charge in [0, 0.05) is 18.1 Å². The van der Waals surface area contributed by atoms with Crippen LogP contribution < -0.4 is 0 Å². The molecular formula is C14H15ClN4O. The van der Waals surface area contributed by atoms with Crippen LogP contribution in [0.1, 0.15) is 29.0 Å². The summed E-state index contributed by atoms with van der Waals surface area (Å²) in [4.78, 5) is 15.7. The second kappa shape index (κ2) is 5.25. The molecule has 0 bridgehead atoms. The lowest BCUT2D eigenvalue weighted by Gasteiger charge is -2.13. The van der Waals surface area contributed by atoms with Crippen molar-refractivity contribution in [3.05, 3.63) is 40.7 Å². The maximum absolute atomic E-state index is 12.4. The minimum absolute atomic E-state index is 0.0276. The first-order valence-electron chi connectivity index (χ1n) is 6.64. The fourth-order valence-electron chi connectivity index (χ4n) is 2.34. The van der Waals surface area contributed by atoms with Crippen LogP contribution in [-0.4, -0.2) is 38.9 Å². The fraction of sp³-hybridized carbons (Fsp3) is 0.357. The van der Waals surface area contributed by atoms with Crippen LogP contribution in [0, 0.1) is 6.92 Å². The molecule has 20 heavy (non-hydrogen) atoms. The number of nitrogens with zero attached hydrogens (tertiary/aromatic N) is 4. The van der Waals surface area contributed by atoms with Gasteiger partial charge >= 0.3 is 0 Å². The van der Waals surface area contributed by atoms with Gasteiger partial charge in [0.15, 0.2) is 5.69 Å². The van der Waals surface area contributed by atoms with Gasteiger partial charge in [-0.05, 0) is 44.0 Å². The van der Waals surface area contributed by atoms with Crippen LogP contribution in [0.2, 0.25) is 5.02 Å². The zero-order valence-electron chi connectivity index (χ0n) is 11.2. The predicted octanol–water partition coefficient (Wildman–Crippen LogP) is 2.47. The average molecular weight is 291 g/mol. The van der Waals surface area contributed by atoms with Crippen molar-refractivity contribution < 1.29 is 4.79 Å². The van der Waals surface area contributed by atoms with Gasteiger partial charge in [-0.3, -0.25) is 4.79 Å². The third kappa shape index (κ3) is 2.41. The highest BCUT2D eigenvalue weighted by Gasteiger charge is 2.24. The second-order valence-electron chi connectivity index (χ2n) is 4.90. The van der Waals surface area contributed by atoms with Gasteiger partial charge in [-0.1, -0.05) is 11.6 Å². The summed E-state index contributed by atoms with van der Waals surface area (Å²) in [5.74, 6) is -0.0276. The Morgan fingerprint density at radius 1 is 1.15 bits per heavy atom. The van der Waals surface area contributed by atoms with Crippen LogP contribution in [0.5, 0.6) is 0 Å². The van der Waals surface area contributed by atoms with E-state index < -0.39 is 0 Å². The van der Waals surface area contributed by atoms with Crippen LogP contribution in [0.15, 0.2) is 24.3 Å². The minimum atomic E-state index is -0.0276. The molecule has 0 spiro atoms. The summed E-state index contributed by atoms with van der Waals surface area (Å²) >= 11 is 5.86. The first-order valence-corrected chi connectivity index (χ1v) is 7.02. The van der Waals surface area contributed by atoms with Crippen LogP contribution in [0.4, 0.5) is 0 Å². The number of aryl methyl sites for hydroxylation is 1. The molecule has 2 heterocycles. The smallest absolute Gasteiger partial charge is 0.276 e. The number of carbonyl (C=O) groups excluding carboxylic acids is 1. The first-order chi connectivity index (χ1) is 9.65. The third-order valence-corrected chi connectivity index (χ3v) is 3.69. The van der Waals surface area contributed by atoms with Crippen LogP contribution in [0.3, 0.4) is 0 Å². The quantitative estimate of drug-likeness (QED) is 0.854.